The van der Waals surface area contributed by atoms with E-state index in [4.69, 9.17) is 5.73 Å². The number of hydrogen-bond donors (Lipinski definition) is 2. The van der Waals surface area contributed by atoms with E-state index < -0.39 is 0 Å². The predicted octanol–water partition coefficient (Wildman–Crippen LogP) is 3.27. The lowest BCUT2D eigenvalue weighted by atomic mass is 10.1. The van der Waals surface area contributed by atoms with E-state index in [9.17, 15) is 4.79 Å². The summed E-state index contributed by atoms with van der Waals surface area (Å²) in [6, 6.07) is 7.69. The highest BCUT2D eigenvalue weighted by Gasteiger charge is 2.29. The smallest absolute Gasteiger partial charge is 0.230 e. The molecule has 1 amide bonds. The Balaban J connectivity index is 1.61. The number of aromatic nitrogens is 1. The van der Waals surface area contributed by atoms with Gasteiger partial charge in [-0.2, -0.15) is 0 Å². The highest BCUT2D eigenvalue weighted by atomic mass is 32.1. The van der Waals surface area contributed by atoms with Crippen molar-refractivity contribution in [1.29, 1.82) is 0 Å². The second kappa shape index (κ2) is 7.32. The zero-order valence-corrected chi connectivity index (χ0v) is 14.9. The summed E-state index contributed by atoms with van der Waals surface area (Å²) in [4.78, 5) is 20.1. The Morgan fingerprint density at radius 3 is 2.96 bits per heavy atom. The number of nitrogens with one attached hydrogen (secondary N) is 1. The Bertz CT molecular complexity index is 713. The highest BCUT2D eigenvalue weighted by Crippen LogP contribution is 2.33. The van der Waals surface area contributed by atoms with E-state index in [0.717, 1.165) is 42.2 Å². The number of carbonyl (C=O) groups excluding carboxylic acids is 1. The van der Waals surface area contributed by atoms with Crippen molar-refractivity contribution in [1.82, 2.24) is 9.88 Å². The predicted molar refractivity (Wildman–Crippen MR) is 99.7 cm³/mol. The molecule has 2 heterocycles. The molecular formula is C18H23N4OS. The molecule has 1 saturated heterocycles. The lowest BCUT2D eigenvalue weighted by Crippen LogP contribution is -2.28. The minimum Gasteiger partial charge on any atom is -0.398 e. The summed E-state index contributed by atoms with van der Waals surface area (Å²) in [6.07, 6.45) is 2.67. The Hall–Kier alpha value is -1.92. The highest BCUT2D eigenvalue weighted by molar-refractivity contribution is 7.19. The Morgan fingerprint density at radius 1 is 1.42 bits per heavy atom. The molecule has 0 spiro atoms. The molecule has 1 aliphatic rings. The van der Waals surface area contributed by atoms with Crippen LogP contribution in [0.15, 0.2) is 30.5 Å². The molecular weight excluding hydrogens is 320 g/mol. The summed E-state index contributed by atoms with van der Waals surface area (Å²) in [6.45, 7) is 7.02. The molecule has 1 aromatic carbocycles. The molecule has 5 nitrogen and oxygen atoms in total. The first kappa shape index (κ1) is 16.9. The molecule has 1 unspecified atom stereocenters. The van der Waals surface area contributed by atoms with Gasteiger partial charge >= 0.3 is 0 Å². The molecule has 0 saturated carbocycles. The number of likely N-dealkylation sites (tertiary alicyclic amines) is 1. The molecule has 6 heteroatoms. The normalized spacial score (nSPS) is 18.2. The third kappa shape index (κ3) is 3.94. The van der Waals surface area contributed by atoms with Gasteiger partial charge in [0, 0.05) is 30.5 Å². The second-order valence-electron chi connectivity index (χ2n) is 6.53. The van der Waals surface area contributed by atoms with Crippen molar-refractivity contribution in [2.75, 3.05) is 30.7 Å². The first-order valence-corrected chi connectivity index (χ1v) is 8.97. The van der Waals surface area contributed by atoms with Crippen LogP contribution in [-0.2, 0) is 4.79 Å². The van der Waals surface area contributed by atoms with Crippen molar-refractivity contribution in [3.05, 3.63) is 36.4 Å². The molecule has 0 aliphatic carbocycles. The summed E-state index contributed by atoms with van der Waals surface area (Å²) in [5, 5.41) is 3.60. The molecule has 24 heavy (non-hydrogen) atoms. The number of rotatable bonds is 5. The zero-order chi connectivity index (χ0) is 17.1. The standard InChI is InChI=1S/C18H23N4OS/c1-12(2)10-22-8-7-13(11-22)17(23)21-18-20-9-16(24-18)14-5-3-4-6-15(14)19/h3-6,9,13H,7-8,10-11,19H2,1-2H3,(H,20,21,23). The van der Waals surface area contributed by atoms with E-state index in [2.05, 4.69) is 29.0 Å². The van der Waals surface area contributed by atoms with Crippen molar-refractivity contribution in [3.8, 4) is 10.4 Å². The van der Waals surface area contributed by atoms with Crippen LogP contribution >= 0.6 is 11.3 Å². The number of hydrogen-bond acceptors (Lipinski definition) is 5. The van der Waals surface area contributed by atoms with Gasteiger partial charge in [-0.1, -0.05) is 43.4 Å². The van der Waals surface area contributed by atoms with Crippen LogP contribution in [0.5, 0.6) is 0 Å². The number of nitrogens with zero attached hydrogens (tertiary/aromatic N) is 2. The molecule has 127 valence electrons. The Kier molecular flexibility index (Phi) is 5.16. The summed E-state index contributed by atoms with van der Waals surface area (Å²) in [5.41, 5.74) is 7.68. The van der Waals surface area contributed by atoms with Gasteiger partial charge in [-0.25, -0.2) is 4.98 Å². The van der Waals surface area contributed by atoms with Crippen LogP contribution in [0.3, 0.4) is 0 Å². The van der Waals surface area contributed by atoms with Crippen LogP contribution in [-0.4, -0.2) is 35.4 Å². The number of nitrogen functional groups attached to an aromatic ring is 1. The lowest BCUT2D eigenvalue weighted by Gasteiger charge is -2.17. The molecule has 1 aliphatic heterocycles. The second-order valence-corrected chi connectivity index (χ2v) is 7.56. The van der Waals surface area contributed by atoms with Crippen molar-refractivity contribution in [2.45, 2.75) is 20.3 Å². The van der Waals surface area contributed by atoms with Gasteiger partial charge in [-0.15, -0.1) is 0 Å². The maximum Gasteiger partial charge on any atom is 0.230 e. The van der Waals surface area contributed by atoms with E-state index in [1.807, 2.05) is 24.3 Å². The van der Waals surface area contributed by atoms with E-state index >= 15 is 0 Å². The maximum absolute atomic E-state index is 12.5. The summed E-state index contributed by atoms with van der Waals surface area (Å²) >= 11 is 1.46. The van der Waals surface area contributed by atoms with Crippen LogP contribution in [0.25, 0.3) is 10.4 Å². The van der Waals surface area contributed by atoms with Gasteiger partial charge < -0.3 is 16.0 Å². The van der Waals surface area contributed by atoms with Gasteiger partial charge in [-0.3, -0.25) is 4.79 Å². The number of thiazole rings is 1. The number of amides is 1. The average molecular weight is 343 g/mol. The number of benzene rings is 1. The number of anilines is 2. The van der Waals surface area contributed by atoms with Crippen LogP contribution < -0.4 is 11.1 Å². The fourth-order valence-electron chi connectivity index (χ4n) is 3.02. The minimum absolute atomic E-state index is 0.0403. The third-order valence-corrected chi connectivity index (χ3v) is 5.09. The third-order valence-electron chi connectivity index (χ3n) is 4.15. The van der Waals surface area contributed by atoms with Crippen molar-refractivity contribution >= 4 is 28.1 Å². The van der Waals surface area contributed by atoms with Crippen molar-refractivity contribution in [2.24, 2.45) is 5.92 Å². The minimum atomic E-state index is 0.0403. The lowest BCUT2D eigenvalue weighted by molar-refractivity contribution is -0.119. The monoisotopic (exact) mass is 343 g/mol. The van der Waals surface area contributed by atoms with Gasteiger partial charge in [0.1, 0.15) is 0 Å². The first-order chi connectivity index (χ1) is 11.5. The van der Waals surface area contributed by atoms with Crippen molar-refractivity contribution in [3.63, 3.8) is 0 Å². The van der Waals surface area contributed by atoms with Gasteiger partial charge in [0.15, 0.2) is 5.13 Å². The largest absolute Gasteiger partial charge is 0.398 e. The van der Waals surface area contributed by atoms with E-state index in [1.54, 1.807) is 6.20 Å². The maximum atomic E-state index is 12.5. The summed E-state index contributed by atoms with van der Waals surface area (Å²) in [5.74, 6) is 1.48. The molecule has 0 bridgehead atoms. The zero-order valence-electron chi connectivity index (χ0n) is 14.1. The number of para-hydroxylation sites is 1. The molecule has 1 aromatic heterocycles. The first-order valence-electron chi connectivity index (χ1n) is 8.16. The molecule has 1 radical (unpaired) electrons. The van der Waals surface area contributed by atoms with E-state index in [0.29, 0.717) is 5.13 Å². The van der Waals surface area contributed by atoms with Crippen LogP contribution in [0.2, 0.25) is 0 Å². The molecule has 3 rings (SSSR count). The fraction of sp³-hybridized carbons (Fsp3) is 0.389. The van der Waals surface area contributed by atoms with Gasteiger partial charge in [0.25, 0.3) is 0 Å². The quantitative estimate of drug-likeness (QED) is 0.818. The summed E-state index contributed by atoms with van der Waals surface area (Å²) in [7, 11) is 0. The summed E-state index contributed by atoms with van der Waals surface area (Å²) < 4.78 is 0. The van der Waals surface area contributed by atoms with Crippen molar-refractivity contribution < 1.29 is 4.79 Å². The van der Waals surface area contributed by atoms with Crippen LogP contribution in [0.4, 0.5) is 10.8 Å². The Labute approximate surface area is 146 Å². The van der Waals surface area contributed by atoms with Crippen LogP contribution in [0.1, 0.15) is 20.3 Å². The van der Waals surface area contributed by atoms with Crippen LogP contribution in [0, 0.1) is 11.8 Å². The molecule has 3 N–H and O–H groups in total. The van der Waals surface area contributed by atoms with Gasteiger partial charge in [0.2, 0.25) is 5.91 Å². The molecule has 1 atom stereocenters. The van der Waals surface area contributed by atoms with Gasteiger partial charge in [0.05, 0.1) is 10.8 Å². The number of carbonyl (C=O) groups is 1. The van der Waals surface area contributed by atoms with E-state index in [-0.39, 0.29) is 11.8 Å². The molecule has 1 fully saturated rings. The Morgan fingerprint density at radius 2 is 2.21 bits per heavy atom. The molecule has 2 aromatic rings. The fourth-order valence-corrected chi connectivity index (χ4v) is 3.89. The number of nitrogens with two attached hydrogens (primary N) is 1. The SMILES string of the molecule is C[C](C)CN1CCC(C(=O)Nc2ncc(-c3ccccc3N)s2)C1. The van der Waals surface area contributed by atoms with E-state index in [1.165, 1.54) is 17.3 Å². The van der Waals surface area contributed by atoms with Gasteiger partial charge in [-0.05, 0) is 24.9 Å². The average Bonchev–Trinajstić information content (AvgIpc) is 3.17. The topological polar surface area (TPSA) is 71.2 Å².